The van der Waals surface area contributed by atoms with Gasteiger partial charge in [0.15, 0.2) is 10.8 Å². The van der Waals surface area contributed by atoms with E-state index in [0.717, 1.165) is 11.3 Å². The van der Waals surface area contributed by atoms with E-state index in [-0.39, 0.29) is 9.99 Å². The minimum atomic E-state index is -5.14. The quantitative estimate of drug-likeness (QED) is 0.663. The number of benzene rings is 1. The van der Waals surface area contributed by atoms with Gasteiger partial charge in [-0.3, -0.25) is 4.79 Å². The van der Waals surface area contributed by atoms with Crippen LogP contribution in [-0.4, -0.2) is 22.2 Å². The van der Waals surface area contributed by atoms with Crippen molar-refractivity contribution >= 4 is 46.1 Å². The van der Waals surface area contributed by atoms with Gasteiger partial charge in [0.25, 0.3) is 0 Å². The molecule has 0 spiro atoms. The molecule has 3 atom stereocenters. The van der Waals surface area contributed by atoms with E-state index in [4.69, 9.17) is 23.8 Å². The Bertz CT molecular complexity index is 827. The van der Waals surface area contributed by atoms with Crippen LogP contribution in [0.4, 0.5) is 13.2 Å². The number of hydrogen-bond acceptors (Lipinski definition) is 4. The van der Waals surface area contributed by atoms with Crippen LogP contribution < -0.4 is 10.6 Å². The highest BCUT2D eigenvalue weighted by Gasteiger charge is 2.59. The minimum absolute atomic E-state index is 0.0629. The Hall–Kier alpha value is -1.68. The van der Waals surface area contributed by atoms with Gasteiger partial charge in [0, 0.05) is 5.02 Å². The average molecular weight is 421 g/mol. The van der Waals surface area contributed by atoms with Crippen molar-refractivity contribution in [2.24, 2.45) is 5.92 Å². The molecule has 1 aromatic carbocycles. The maximum atomic E-state index is 13.3. The first-order valence-corrected chi connectivity index (χ1v) is 9.01. The molecule has 2 aromatic rings. The molecule has 4 nitrogen and oxygen atoms in total. The van der Waals surface area contributed by atoms with Gasteiger partial charge in [-0.05, 0) is 41.4 Å². The van der Waals surface area contributed by atoms with Gasteiger partial charge in [-0.15, -0.1) is 11.3 Å². The highest BCUT2D eigenvalue weighted by atomic mass is 35.5. The Morgan fingerprint density at radius 1 is 1.27 bits per heavy atom. The summed E-state index contributed by atoms with van der Waals surface area (Å²) < 4.78 is 39.9. The lowest BCUT2D eigenvalue weighted by molar-refractivity contribution is -0.189. The molecule has 0 aliphatic carbocycles. The molecule has 1 aliphatic heterocycles. The Balaban J connectivity index is 2.16. The molecule has 1 fully saturated rings. The van der Waals surface area contributed by atoms with Gasteiger partial charge in [-0.25, -0.2) is 0 Å². The molecule has 0 saturated carbocycles. The van der Waals surface area contributed by atoms with Gasteiger partial charge in [-0.1, -0.05) is 29.8 Å². The van der Waals surface area contributed by atoms with Crippen molar-refractivity contribution in [3.05, 3.63) is 57.2 Å². The molecule has 26 heavy (non-hydrogen) atoms. The number of thiophene rings is 1. The number of carbonyl (C=O) groups excluding carboxylic acids is 1. The summed E-state index contributed by atoms with van der Waals surface area (Å²) in [6.07, 6.45) is -5.14. The van der Waals surface area contributed by atoms with Crippen molar-refractivity contribution in [1.82, 2.24) is 10.6 Å². The van der Waals surface area contributed by atoms with Gasteiger partial charge in [0.05, 0.1) is 10.9 Å². The van der Waals surface area contributed by atoms with Crippen molar-refractivity contribution in [3.8, 4) is 0 Å². The number of carbonyl (C=O) groups is 1. The van der Waals surface area contributed by atoms with E-state index >= 15 is 0 Å². The number of rotatable bonds is 3. The lowest BCUT2D eigenvalue weighted by Gasteiger charge is -2.45. The summed E-state index contributed by atoms with van der Waals surface area (Å²) in [6.45, 7) is 0. The summed E-state index contributed by atoms with van der Waals surface area (Å²) in [5, 5.41) is 18.1. The standard InChI is InChI=1S/C16H12ClF3N2O2S2/c17-9-5-3-8(4-6-9)12-11(13(23)16(18,19)20)15(24,22-14(25)21-12)10-2-1-7-26-10/h1-7,11-12,24H,(H2,21,22,25)/t11-,12+,15-/m0/s1. The zero-order valence-corrected chi connectivity index (χ0v) is 15.3. The molecule has 2 heterocycles. The number of thiocarbonyl (C=S) groups is 1. The summed E-state index contributed by atoms with van der Waals surface area (Å²) in [7, 11) is 0. The van der Waals surface area contributed by atoms with Gasteiger partial charge in [0.2, 0.25) is 5.78 Å². The van der Waals surface area contributed by atoms with Crippen LogP contribution in [-0.2, 0) is 10.5 Å². The second-order valence-electron chi connectivity index (χ2n) is 5.71. The van der Waals surface area contributed by atoms with Crippen LogP contribution in [0.3, 0.4) is 0 Å². The molecule has 0 amide bonds. The van der Waals surface area contributed by atoms with Crippen molar-refractivity contribution in [2.75, 3.05) is 0 Å². The van der Waals surface area contributed by atoms with Crippen LogP contribution in [0.1, 0.15) is 16.5 Å². The second kappa shape index (κ2) is 6.80. The molecule has 0 bridgehead atoms. The van der Waals surface area contributed by atoms with Crippen molar-refractivity contribution in [3.63, 3.8) is 0 Å². The first-order chi connectivity index (χ1) is 12.1. The normalized spacial score (nSPS) is 26.1. The first-order valence-electron chi connectivity index (χ1n) is 7.34. The Kier molecular flexibility index (Phi) is 5.00. The molecule has 3 N–H and O–H groups in total. The topological polar surface area (TPSA) is 61.4 Å². The predicted molar refractivity (Wildman–Crippen MR) is 95.8 cm³/mol. The number of Topliss-reactive ketones (excluding diaryl/α,β-unsaturated/α-hetero) is 1. The minimum Gasteiger partial charge on any atom is -0.366 e. The summed E-state index contributed by atoms with van der Waals surface area (Å²) >= 11 is 11.9. The summed E-state index contributed by atoms with van der Waals surface area (Å²) in [5.41, 5.74) is -1.95. The van der Waals surface area contributed by atoms with E-state index in [1.54, 1.807) is 11.4 Å². The Morgan fingerprint density at radius 3 is 2.46 bits per heavy atom. The molecular formula is C16H12ClF3N2O2S2. The maximum Gasteiger partial charge on any atom is 0.450 e. The fourth-order valence-electron chi connectivity index (χ4n) is 2.93. The van der Waals surface area contributed by atoms with Crippen LogP contribution in [0.15, 0.2) is 41.8 Å². The van der Waals surface area contributed by atoms with Gasteiger partial charge >= 0.3 is 6.18 Å². The van der Waals surface area contributed by atoms with E-state index in [1.807, 2.05) is 0 Å². The van der Waals surface area contributed by atoms with E-state index in [1.165, 1.54) is 30.3 Å². The highest BCUT2D eigenvalue weighted by molar-refractivity contribution is 7.80. The summed E-state index contributed by atoms with van der Waals surface area (Å²) in [6, 6.07) is 7.77. The summed E-state index contributed by atoms with van der Waals surface area (Å²) in [5.74, 6) is -3.95. The largest absolute Gasteiger partial charge is 0.450 e. The van der Waals surface area contributed by atoms with E-state index in [0.29, 0.717) is 10.6 Å². The van der Waals surface area contributed by atoms with Crippen molar-refractivity contribution < 1.29 is 23.1 Å². The summed E-state index contributed by atoms with van der Waals surface area (Å²) in [4.78, 5) is 12.4. The molecule has 138 valence electrons. The number of ketones is 1. The predicted octanol–water partition coefficient (Wildman–Crippen LogP) is 3.51. The van der Waals surface area contributed by atoms with Gasteiger partial charge in [-0.2, -0.15) is 13.2 Å². The van der Waals surface area contributed by atoms with Crippen LogP contribution in [0, 0.1) is 5.92 Å². The average Bonchev–Trinajstić information content (AvgIpc) is 3.08. The van der Waals surface area contributed by atoms with Crippen LogP contribution >= 0.6 is 35.2 Å². The molecule has 3 rings (SSSR count). The Labute approximate surface area is 161 Å². The number of nitrogens with one attached hydrogen (secondary N) is 2. The molecule has 1 aliphatic rings. The smallest absolute Gasteiger partial charge is 0.366 e. The Morgan fingerprint density at radius 2 is 1.92 bits per heavy atom. The number of aliphatic hydroxyl groups is 1. The maximum absolute atomic E-state index is 13.3. The van der Waals surface area contributed by atoms with Crippen LogP contribution in [0.5, 0.6) is 0 Å². The van der Waals surface area contributed by atoms with Crippen molar-refractivity contribution in [1.29, 1.82) is 0 Å². The molecule has 0 radical (unpaired) electrons. The third kappa shape index (κ3) is 3.44. The van der Waals surface area contributed by atoms with Crippen molar-refractivity contribution in [2.45, 2.75) is 17.9 Å². The zero-order valence-electron chi connectivity index (χ0n) is 12.9. The van der Waals surface area contributed by atoms with E-state index < -0.39 is 29.6 Å². The lowest BCUT2D eigenvalue weighted by Crippen LogP contribution is -2.66. The third-order valence-corrected chi connectivity index (χ3v) is 5.53. The fraction of sp³-hybridized carbons (Fsp3) is 0.250. The molecule has 1 aromatic heterocycles. The SMILES string of the molecule is O=C([C@@H]1[C@@H](c2ccc(Cl)cc2)NC(=S)N[C@]1(O)c1cccs1)C(F)(F)F. The van der Waals surface area contributed by atoms with Gasteiger partial charge < -0.3 is 15.7 Å². The van der Waals surface area contributed by atoms with E-state index in [2.05, 4.69) is 10.6 Å². The zero-order chi connectivity index (χ0) is 19.1. The monoisotopic (exact) mass is 420 g/mol. The lowest BCUT2D eigenvalue weighted by atomic mass is 9.78. The fourth-order valence-corrected chi connectivity index (χ4v) is 4.15. The second-order valence-corrected chi connectivity index (χ2v) is 7.50. The molecule has 1 saturated heterocycles. The number of halogens is 4. The molecule has 0 unspecified atom stereocenters. The number of alkyl halides is 3. The van der Waals surface area contributed by atoms with Crippen LogP contribution in [0.25, 0.3) is 0 Å². The third-order valence-electron chi connectivity index (χ3n) is 4.06. The number of hydrogen-bond donors (Lipinski definition) is 3. The highest BCUT2D eigenvalue weighted by Crippen LogP contribution is 2.44. The van der Waals surface area contributed by atoms with Crippen LogP contribution in [0.2, 0.25) is 5.02 Å². The van der Waals surface area contributed by atoms with Gasteiger partial charge in [0.1, 0.15) is 5.92 Å². The van der Waals surface area contributed by atoms with E-state index in [9.17, 15) is 23.1 Å². The first kappa shape index (κ1) is 19.1. The molecular weight excluding hydrogens is 409 g/mol. The molecule has 10 heteroatoms.